The maximum absolute atomic E-state index is 12.5. The Bertz CT molecular complexity index is 926. The number of pyridine rings is 2. The molecule has 0 aliphatic carbocycles. The van der Waals surface area contributed by atoms with Crippen LogP contribution in [0.1, 0.15) is 28.5 Å². The molecule has 1 N–H and O–H groups in total. The average molecular weight is 344 g/mol. The predicted octanol–water partition coefficient (Wildman–Crippen LogP) is 3.49. The zero-order valence-electron chi connectivity index (χ0n) is 14.6. The average Bonchev–Trinajstić information content (AvgIpc) is 3.02. The number of aromatic nitrogens is 2. The van der Waals surface area contributed by atoms with Gasteiger partial charge in [0.05, 0.1) is 29.7 Å². The fourth-order valence-electron chi connectivity index (χ4n) is 3.42. The molecule has 0 saturated heterocycles. The van der Waals surface area contributed by atoms with Gasteiger partial charge in [-0.2, -0.15) is 0 Å². The highest BCUT2D eigenvalue weighted by Crippen LogP contribution is 2.37. The number of fused-ring (bicyclic) bond motifs is 1. The van der Waals surface area contributed by atoms with E-state index in [-0.39, 0.29) is 5.91 Å². The summed E-state index contributed by atoms with van der Waals surface area (Å²) in [6.45, 7) is 2.58. The second-order valence-corrected chi connectivity index (χ2v) is 6.49. The summed E-state index contributed by atoms with van der Waals surface area (Å²) >= 11 is 0. The lowest BCUT2D eigenvalue weighted by Gasteiger charge is -2.25. The number of nitrogens with zero attached hydrogens (tertiary/aromatic N) is 3. The fraction of sp³-hybridized carbons (Fsp3) is 0.190. The van der Waals surface area contributed by atoms with Gasteiger partial charge in [-0.25, -0.2) is 0 Å². The third kappa shape index (κ3) is 3.16. The van der Waals surface area contributed by atoms with Gasteiger partial charge < -0.3 is 10.2 Å². The maximum atomic E-state index is 12.5. The SMILES string of the molecule is CC1Cc2ccccc2N1c1cncc(C(=O)NCc2ccccn2)c1. The topological polar surface area (TPSA) is 58.1 Å². The summed E-state index contributed by atoms with van der Waals surface area (Å²) in [5.41, 5.74) is 4.83. The van der Waals surface area contributed by atoms with Crippen LogP contribution in [0.2, 0.25) is 0 Å². The van der Waals surface area contributed by atoms with Crippen molar-refractivity contribution in [2.75, 3.05) is 4.90 Å². The van der Waals surface area contributed by atoms with Crippen molar-refractivity contribution in [3.8, 4) is 0 Å². The van der Waals surface area contributed by atoms with Crippen LogP contribution in [0.4, 0.5) is 11.4 Å². The number of rotatable bonds is 4. The summed E-state index contributed by atoms with van der Waals surface area (Å²) in [6.07, 6.45) is 6.13. The molecule has 3 aromatic rings. The smallest absolute Gasteiger partial charge is 0.253 e. The van der Waals surface area contributed by atoms with Crippen molar-refractivity contribution in [3.05, 3.63) is 83.9 Å². The normalized spacial score (nSPS) is 15.6. The zero-order chi connectivity index (χ0) is 17.9. The Balaban J connectivity index is 1.54. The van der Waals surface area contributed by atoms with Crippen LogP contribution in [0.25, 0.3) is 0 Å². The van der Waals surface area contributed by atoms with Crippen LogP contribution in [0.3, 0.4) is 0 Å². The van der Waals surface area contributed by atoms with E-state index >= 15 is 0 Å². The molecule has 1 aromatic carbocycles. The molecule has 2 aromatic heterocycles. The van der Waals surface area contributed by atoms with E-state index in [0.717, 1.165) is 17.8 Å². The second kappa shape index (κ2) is 6.96. The number of benzene rings is 1. The summed E-state index contributed by atoms with van der Waals surface area (Å²) < 4.78 is 0. The predicted molar refractivity (Wildman–Crippen MR) is 101 cm³/mol. The van der Waals surface area contributed by atoms with Gasteiger partial charge in [0.15, 0.2) is 0 Å². The van der Waals surface area contributed by atoms with E-state index < -0.39 is 0 Å². The highest BCUT2D eigenvalue weighted by molar-refractivity contribution is 5.95. The van der Waals surface area contributed by atoms with Gasteiger partial charge in [-0.05, 0) is 43.2 Å². The molecule has 4 rings (SSSR count). The third-order valence-electron chi connectivity index (χ3n) is 4.63. The van der Waals surface area contributed by atoms with Crippen molar-refractivity contribution in [2.24, 2.45) is 0 Å². The zero-order valence-corrected chi connectivity index (χ0v) is 14.6. The van der Waals surface area contributed by atoms with Crippen LogP contribution >= 0.6 is 0 Å². The third-order valence-corrected chi connectivity index (χ3v) is 4.63. The van der Waals surface area contributed by atoms with Crippen LogP contribution in [0.15, 0.2) is 67.1 Å². The van der Waals surface area contributed by atoms with Gasteiger partial charge in [-0.1, -0.05) is 24.3 Å². The highest BCUT2D eigenvalue weighted by atomic mass is 16.1. The minimum absolute atomic E-state index is 0.148. The number of nitrogens with one attached hydrogen (secondary N) is 1. The van der Waals surface area contributed by atoms with Gasteiger partial charge in [-0.15, -0.1) is 0 Å². The second-order valence-electron chi connectivity index (χ2n) is 6.49. The van der Waals surface area contributed by atoms with Gasteiger partial charge in [0.2, 0.25) is 0 Å². The van der Waals surface area contributed by atoms with E-state index in [1.54, 1.807) is 12.4 Å². The van der Waals surface area contributed by atoms with E-state index in [4.69, 9.17) is 0 Å². The molecule has 1 aliphatic heterocycles. The monoisotopic (exact) mass is 344 g/mol. The molecule has 0 radical (unpaired) electrons. The largest absolute Gasteiger partial charge is 0.346 e. The van der Waals surface area contributed by atoms with Gasteiger partial charge >= 0.3 is 0 Å². The lowest BCUT2D eigenvalue weighted by molar-refractivity contribution is 0.0950. The van der Waals surface area contributed by atoms with Crippen molar-refractivity contribution in [1.82, 2.24) is 15.3 Å². The van der Waals surface area contributed by atoms with Gasteiger partial charge in [0.25, 0.3) is 5.91 Å². The van der Waals surface area contributed by atoms with E-state index in [9.17, 15) is 4.79 Å². The Morgan fingerprint density at radius 2 is 2.04 bits per heavy atom. The lowest BCUT2D eigenvalue weighted by atomic mass is 10.1. The first kappa shape index (κ1) is 16.3. The minimum atomic E-state index is -0.148. The fourth-order valence-corrected chi connectivity index (χ4v) is 3.42. The Morgan fingerprint density at radius 1 is 1.19 bits per heavy atom. The van der Waals surface area contributed by atoms with Gasteiger partial charge in [0.1, 0.15) is 0 Å². The van der Waals surface area contributed by atoms with Crippen LogP contribution in [0, 0.1) is 0 Å². The highest BCUT2D eigenvalue weighted by Gasteiger charge is 2.27. The van der Waals surface area contributed by atoms with Crippen molar-refractivity contribution in [2.45, 2.75) is 25.9 Å². The molecular weight excluding hydrogens is 324 g/mol. The number of hydrogen-bond acceptors (Lipinski definition) is 4. The van der Waals surface area contributed by atoms with Crippen LogP contribution in [0.5, 0.6) is 0 Å². The molecule has 3 heterocycles. The molecule has 5 nitrogen and oxygen atoms in total. The van der Waals surface area contributed by atoms with Crippen molar-refractivity contribution < 1.29 is 4.79 Å². The molecule has 5 heteroatoms. The van der Waals surface area contributed by atoms with Crippen LogP contribution < -0.4 is 10.2 Å². The van der Waals surface area contributed by atoms with E-state index in [0.29, 0.717) is 18.2 Å². The molecule has 1 unspecified atom stereocenters. The molecule has 26 heavy (non-hydrogen) atoms. The summed E-state index contributed by atoms with van der Waals surface area (Å²) in [4.78, 5) is 23.3. The molecule has 0 bridgehead atoms. The molecule has 1 amide bonds. The standard InChI is InChI=1S/C21H20N4O/c1-15-10-16-6-2-3-8-20(16)25(15)19-11-17(12-22-14-19)21(26)24-13-18-7-4-5-9-23-18/h2-9,11-12,14-15H,10,13H2,1H3,(H,24,26). The maximum Gasteiger partial charge on any atom is 0.253 e. The number of carbonyl (C=O) groups excluding carboxylic acids is 1. The minimum Gasteiger partial charge on any atom is -0.346 e. The molecule has 0 saturated carbocycles. The van der Waals surface area contributed by atoms with Crippen molar-refractivity contribution >= 4 is 17.3 Å². The molecule has 130 valence electrons. The lowest BCUT2D eigenvalue weighted by Crippen LogP contribution is -2.26. The Hall–Kier alpha value is -3.21. The summed E-state index contributed by atoms with van der Waals surface area (Å²) in [5.74, 6) is -0.148. The van der Waals surface area contributed by atoms with Crippen molar-refractivity contribution in [1.29, 1.82) is 0 Å². The first-order valence-electron chi connectivity index (χ1n) is 8.72. The number of amides is 1. The number of hydrogen-bond donors (Lipinski definition) is 1. The Morgan fingerprint density at radius 3 is 2.88 bits per heavy atom. The first-order valence-corrected chi connectivity index (χ1v) is 8.72. The summed E-state index contributed by atoms with van der Waals surface area (Å²) in [6, 6.07) is 16.3. The Labute approximate surface area is 152 Å². The van der Waals surface area contributed by atoms with Crippen LogP contribution in [-0.2, 0) is 13.0 Å². The number of anilines is 2. The summed E-state index contributed by atoms with van der Waals surface area (Å²) in [5, 5.41) is 2.90. The molecule has 0 fully saturated rings. The molecule has 1 atom stereocenters. The first-order chi connectivity index (χ1) is 12.7. The van der Waals surface area contributed by atoms with E-state index in [1.165, 1.54) is 11.3 Å². The van der Waals surface area contributed by atoms with Crippen molar-refractivity contribution in [3.63, 3.8) is 0 Å². The quantitative estimate of drug-likeness (QED) is 0.787. The molecule has 0 spiro atoms. The number of para-hydroxylation sites is 1. The number of carbonyl (C=O) groups is 1. The van der Waals surface area contributed by atoms with E-state index in [1.807, 2.05) is 36.5 Å². The van der Waals surface area contributed by atoms with Gasteiger partial charge in [0, 0.05) is 24.1 Å². The molecular formula is C21H20N4O. The van der Waals surface area contributed by atoms with E-state index in [2.05, 4.69) is 45.3 Å². The Kier molecular flexibility index (Phi) is 4.35. The summed E-state index contributed by atoms with van der Waals surface area (Å²) in [7, 11) is 0. The van der Waals surface area contributed by atoms with Crippen LogP contribution in [-0.4, -0.2) is 21.9 Å². The molecule has 1 aliphatic rings. The van der Waals surface area contributed by atoms with Gasteiger partial charge in [-0.3, -0.25) is 14.8 Å².